The molecular weight excluding hydrogens is 305 g/mol. The Morgan fingerprint density at radius 3 is 2.58 bits per heavy atom. The SMILES string of the molecule is CC[C@@H](C)NC(=O)c1nc(-c2ccccc2F)c2ccccc2n1. The number of nitrogens with one attached hydrogen (secondary N) is 1. The molecule has 0 aliphatic rings. The summed E-state index contributed by atoms with van der Waals surface area (Å²) < 4.78 is 14.2. The van der Waals surface area contributed by atoms with Crippen LogP contribution in [0.25, 0.3) is 22.2 Å². The molecule has 0 spiro atoms. The van der Waals surface area contributed by atoms with Crippen molar-refractivity contribution < 1.29 is 9.18 Å². The van der Waals surface area contributed by atoms with Gasteiger partial charge in [0.2, 0.25) is 5.82 Å². The van der Waals surface area contributed by atoms with E-state index in [4.69, 9.17) is 0 Å². The van der Waals surface area contributed by atoms with Crippen molar-refractivity contribution in [2.75, 3.05) is 0 Å². The van der Waals surface area contributed by atoms with Crippen molar-refractivity contribution >= 4 is 16.8 Å². The number of nitrogens with zero attached hydrogens (tertiary/aromatic N) is 2. The van der Waals surface area contributed by atoms with E-state index in [1.807, 2.05) is 32.0 Å². The van der Waals surface area contributed by atoms with Crippen LogP contribution in [0.5, 0.6) is 0 Å². The molecule has 3 rings (SSSR count). The van der Waals surface area contributed by atoms with Gasteiger partial charge in [0.15, 0.2) is 0 Å². The Hall–Kier alpha value is -2.82. The minimum absolute atomic E-state index is 0.0180. The molecule has 2 aromatic carbocycles. The molecule has 0 saturated heterocycles. The highest BCUT2D eigenvalue weighted by molar-refractivity contribution is 5.98. The van der Waals surface area contributed by atoms with E-state index in [9.17, 15) is 9.18 Å². The van der Waals surface area contributed by atoms with Crippen molar-refractivity contribution in [3.05, 3.63) is 60.2 Å². The second-order valence-electron chi connectivity index (χ2n) is 5.68. The summed E-state index contributed by atoms with van der Waals surface area (Å²) in [5.74, 6) is -0.686. The predicted octanol–water partition coefficient (Wildman–Crippen LogP) is 3.96. The largest absolute Gasteiger partial charge is 0.347 e. The van der Waals surface area contributed by atoms with Crippen LogP contribution in [0.2, 0.25) is 0 Å². The maximum Gasteiger partial charge on any atom is 0.289 e. The van der Waals surface area contributed by atoms with E-state index in [1.165, 1.54) is 6.07 Å². The highest BCUT2D eigenvalue weighted by Gasteiger charge is 2.17. The summed E-state index contributed by atoms with van der Waals surface area (Å²) in [6.45, 7) is 3.90. The molecule has 3 aromatic rings. The Morgan fingerprint density at radius 1 is 1.12 bits per heavy atom. The Bertz CT molecular complexity index is 895. The maximum absolute atomic E-state index is 14.2. The van der Waals surface area contributed by atoms with Crippen LogP contribution in [0.15, 0.2) is 48.5 Å². The number of hydrogen-bond donors (Lipinski definition) is 1. The molecule has 122 valence electrons. The Labute approximate surface area is 139 Å². The van der Waals surface area contributed by atoms with Gasteiger partial charge in [0.05, 0.1) is 11.2 Å². The van der Waals surface area contributed by atoms with Crippen LogP contribution in [0.3, 0.4) is 0 Å². The zero-order valence-electron chi connectivity index (χ0n) is 13.6. The van der Waals surface area contributed by atoms with E-state index >= 15 is 0 Å². The highest BCUT2D eigenvalue weighted by Crippen LogP contribution is 2.28. The summed E-state index contributed by atoms with van der Waals surface area (Å²) in [5, 5.41) is 3.56. The predicted molar refractivity (Wildman–Crippen MR) is 92.2 cm³/mol. The average Bonchev–Trinajstić information content (AvgIpc) is 2.61. The first-order chi connectivity index (χ1) is 11.6. The van der Waals surface area contributed by atoms with Crippen LogP contribution in [-0.4, -0.2) is 21.9 Å². The molecule has 1 amide bonds. The number of hydrogen-bond acceptors (Lipinski definition) is 3. The number of aromatic nitrogens is 2. The fraction of sp³-hybridized carbons (Fsp3) is 0.211. The molecule has 1 N–H and O–H groups in total. The van der Waals surface area contributed by atoms with Crippen LogP contribution in [0, 0.1) is 5.82 Å². The fourth-order valence-electron chi connectivity index (χ4n) is 2.43. The molecule has 0 fully saturated rings. The summed E-state index contributed by atoms with van der Waals surface area (Å²) in [7, 11) is 0. The molecule has 0 unspecified atom stereocenters. The summed E-state index contributed by atoms with van der Waals surface area (Å²) in [5.41, 5.74) is 1.39. The number of benzene rings is 2. The lowest BCUT2D eigenvalue weighted by Crippen LogP contribution is -2.33. The van der Waals surface area contributed by atoms with E-state index in [1.54, 1.807) is 24.3 Å². The molecule has 0 saturated carbocycles. The van der Waals surface area contributed by atoms with Gasteiger partial charge in [0, 0.05) is 17.0 Å². The van der Waals surface area contributed by atoms with Crippen molar-refractivity contribution in [3.63, 3.8) is 0 Å². The number of fused-ring (bicyclic) bond motifs is 1. The number of halogens is 1. The fourth-order valence-corrected chi connectivity index (χ4v) is 2.43. The van der Waals surface area contributed by atoms with Crippen LogP contribution < -0.4 is 5.32 Å². The first-order valence-electron chi connectivity index (χ1n) is 7.92. The lowest BCUT2D eigenvalue weighted by molar-refractivity contribution is 0.0929. The molecule has 1 aromatic heterocycles. The second kappa shape index (κ2) is 6.74. The number of rotatable bonds is 4. The van der Waals surface area contributed by atoms with E-state index < -0.39 is 0 Å². The standard InChI is InChI=1S/C19H18FN3O/c1-3-12(2)21-19(24)18-22-16-11-7-5-9-14(16)17(23-18)13-8-4-6-10-15(13)20/h4-12H,3H2,1-2H3,(H,21,24)/t12-/m1/s1. The number of amides is 1. The highest BCUT2D eigenvalue weighted by atomic mass is 19.1. The van der Waals surface area contributed by atoms with Gasteiger partial charge in [-0.25, -0.2) is 14.4 Å². The molecule has 0 aliphatic carbocycles. The summed E-state index contributed by atoms with van der Waals surface area (Å²) in [6, 6.07) is 13.7. The molecule has 4 nitrogen and oxygen atoms in total. The normalized spacial score (nSPS) is 12.1. The van der Waals surface area contributed by atoms with Crippen molar-refractivity contribution in [2.45, 2.75) is 26.3 Å². The third-order valence-corrected chi connectivity index (χ3v) is 3.93. The Balaban J connectivity index is 2.17. The van der Waals surface area contributed by atoms with E-state index in [2.05, 4.69) is 15.3 Å². The van der Waals surface area contributed by atoms with Crippen molar-refractivity contribution in [1.82, 2.24) is 15.3 Å². The van der Waals surface area contributed by atoms with Gasteiger partial charge >= 0.3 is 0 Å². The van der Waals surface area contributed by atoms with Gasteiger partial charge in [-0.1, -0.05) is 37.3 Å². The Morgan fingerprint density at radius 2 is 1.83 bits per heavy atom. The topological polar surface area (TPSA) is 54.9 Å². The van der Waals surface area contributed by atoms with Crippen molar-refractivity contribution in [1.29, 1.82) is 0 Å². The van der Waals surface area contributed by atoms with E-state index in [0.29, 0.717) is 22.2 Å². The molecule has 0 bridgehead atoms. The summed E-state index contributed by atoms with van der Waals surface area (Å²) in [6.07, 6.45) is 0.805. The first kappa shape index (κ1) is 16.1. The molecular formula is C19H18FN3O. The molecule has 24 heavy (non-hydrogen) atoms. The molecule has 5 heteroatoms. The van der Waals surface area contributed by atoms with Crippen molar-refractivity contribution in [2.24, 2.45) is 0 Å². The summed E-state index contributed by atoms with van der Waals surface area (Å²) >= 11 is 0. The minimum atomic E-state index is -0.380. The number of carbonyl (C=O) groups excluding carboxylic acids is 1. The quantitative estimate of drug-likeness (QED) is 0.790. The Kier molecular flexibility index (Phi) is 4.51. The number of para-hydroxylation sites is 1. The van der Waals surface area contributed by atoms with E-state index in [-0.39, 0.29) is 23.6 Å². The first-order valence-corrected chi connectivity index (χ1v) is 7.92. The van der Waals surface area contributed by atoms with E-state index in [0.717, 1.165) is 6.42 Å². The third kappa shape index (κ3) is 3.11. The molecule has 1 atom stereocenters. The van der Waals surface area contributed by atoms with Crippen LogP contribution >= 0.6 is 0 Å². The second-order valence-corrected chi connectivity index (χ2v) is 5.68. The summed E-state index contributed by atoms with van der Waals surface area (Å²) in [4.78, 5) is 21.1. The lowest BCUT2D eigenvalue weighted by Gasteiger charge is -2.12. The number of carbonyl (C=O) groups is 1. The maximum atomic E-state index is 14.2. The van der Waals surface area contributed by atoms with Gasteiger partial charge in [-0.2, -0.15) is 0 Å². The smallest absolute Gasteiger partial charge is 0.289 e. The van der Waals surface area contributed by atoms with Gasteiger partial charge in [0.1, 0.15) is 5.82 Å². The van der Waals surface area contributed by atoms with Crippen molar-refractivity contribution in [3.8, 4) is 11.3 Å². The lowest BCUT2D eigenvalue weighted by atomic mass is 10.1. The average molecular weight is 323 g/mol. The van der Waals surface area contributed by atoms with Crippen LogP contribution in [0.1, 0.15) is 30.9 Å². The van der Waals surface area contributed by atoms with Gasteiger partial charge < -0.3 is 5.32 Å². The van der Waals surface area contributed by atoms with Crippen LogP contribution in [-0.2, 0) is 0 Å². The zero-order chi connectivity index (χ0) is 17.1. The molecule has 1 heterocycles. The minimum Gasteiger partial charge on any atom is -0.347 e. The van der Waals surface area contributed by atoms with Crippen LogP contribution in [0.4, 0.5) is 4.39 Å². The third-order valence-electron chi connectivity index (χ3n) is 3.93. The molecule has 0 aliphatic heterocycles. The molecule has 0 radical (unpaired) electrons. The van der Waals surface area contributed by atoms with Gasteiger partial charge in [0.25, 0.3) is 5.91 Å². The monoisotopic (exact) mass is 323 g/mol. The van der Waals surface area contributed by atoms with Gasteiger partial charge in [-0.3, -0.25) is 4.79 Å². The van der Waals surface area contributed by atoms with Gasteiger partial charge in [-0.15, -0.1) is 0 Å². The zero-order valence-corrected chi connectivity index (χ0v) is 13.6. The van der Waals surface area contributed by atoms with Gasteiger partial charge in [-0.05, 0) is 31.5 Å².